The number of aromatic nitrogens is 1. The zero-order valence-electron chi connectivity index (χ0n) is 9.36. The molecule has 0 saturated carbocycles. The highest BCUT2D eigenvalue weighted by molar-refractivity contribution is 5.43. The Morgan fingerprint density at radius 3 is 3.00 bits per heavy atom. The van der Waals surface area contributed by atoms with E-state index in [0.717, 1.165) is 17.8 Å². The van der Waals surface area contributed by atoms with Crippen molar-refractivity contribution in [2.45, 2.75) is 19.4 Å². The minimum atomic E-state index is 0.230. The van der Waals surface area contributed by atoms with Gasteiger partial charge in [0.05, 0.1) is 12.6 Å². The summed E-state index contributed by atoms with van der Waals surface area (Å²) in [7, 11) is 1.69. The Kier molecular flexibility index (Phi) is 5.07. The normalized spacial score (nSPS) is 12.5. The average Bonchev–Trinajstić information content (AvgIpc) is 2.22. The van der Waals surface area contributed by atoms with Gasteiger partial charge in [0.2, 0.25) is 0 Å². The van der Waals surface area contributed by atoms with Crippen LogP contribution in [0.5, 0.6) is 0 Å². The molecule has 1 aromatic rings. The zero-order chi connectivity index (χ0) is 11.1. The SMILES string of the molecule is COCC(CCN)Nc1ncccc1C. The number of ether oxygens (including phenoxy) is 1. The molecule has 0 aliphatic heterocycles. The first-order chi connectivity index (χ1) is 7.27. The number of anilines is 1. The number of rotatable bonds is 6. The van der Waals surface area contributed by atoms with Gasteiger partial charge >= 0.3 is 0 Å². The second-order valence-electron chi connectivity index (χ2n) is 3.54. The van der Waals surface area contributed by atoms with E-state index in [-0.39, 0.29) is 6.04 Å². The van der Waals surface area contributed by atoms with Gasteiger partial charge < -0.3 is 15.8 Å². The minimum Gasteiger partial charge on any atom is -0.383 e. The summed E-state index contributed by atoms with van der Waals surface area (Å²) >= 11 is 0. The van der Waals surface area contributed by atoms with Gasteiger partial charge in [-0.3, -0.25) is 0 Å². The van der Waals surface area contributed by atoms with Crippen LogP contribution in [-0.4, -0.2) is 31.3 Å². The molecule has 15 heavy (non-hydrogen) atoms. The van der Waals surface area contributed by atoms with Crippen molar-refractivity contribution in [1.82, 2.24) is 4.98 Å². The Morgan fingerprint density at radius 1 is 1.60 bits per heavy atom. The number of methoxy groups -OCH3 is 1. The summed E-state index contributed by atoms with van der Waals surface area (Å²) in [6, 6.07) is 4.18. The van der Waals surface area contributed by atoms with E-state index in [9.17, 15) is 0 Å². The molecule has 1 heterocycles. The first kappa shape index (κ1) is 11.9. The molecule has 1 unspecified atom stereocenters. The highest BCUT2D eigenvalue weighted by Crippen LogP contribution is 2.11. The van der Waals surface area contributed by atoms with E-state index in [4.69, 9.17) is 10.5 Å². The van der Waals surface area contributed by atoms with Gasteiger partial charge in [-0.15, -0.1) is 0 Å². The van der Waals surface area contributed by atoms with Gasteiger partial charge in [-0.25, -0.2) is 4.98 Å². The number of hydrogen-bond donors (Lipinski definition) is 2. The standard InChI is InChI=1S/C11H19N3O/c1-9-4-3-7-13-11(9)14-10(5-6-12)8-15-2/h3-4,7,10H,5-6,8,12H2,1-2H3,(H,13,14). The maximum Gasteiger partial charge on any atom is 0.129 e. The van der Waals surface area contributed by atoms with Crippen LogP contribution in [0.2, 0.25) is 0 Å². The van der Waals surface area contributed by atoms with Crippen LogP contribution in [0.3, 0.4) is 0 Å². The summed E-state index contributed by atoms with van der Waals surface area (Å²) in [6.07, 6.45) is 2.66. The number of aryl methyl sites for hydroxylation is 1. The first-order valence-electron chi connectivity index (χ1n) is 5.15. The monoisotopic (exact) mass is 209 g/mol. The van der Waals surface area contributed by atoms with E-state index in [1.807, 2.05) is 19.1 Å². The van der Waals surface area contributed by atoms with E-state index in [2.05, 4.69) is 10.3 Å². The van der Waals surface area contributed by atoms with Gasteiger partial charge in [0.1, 0.15) is 5.82 Å². The molecule has 84 valence electrons. The van der Waals surface area contributed by atoms with Gasteiger partial charge in [0.25, 0.3) is 0 Å². The molecule has 0 fully saturated rings. The predicted octanol–water partition coefficient (Wildman–Crippen LogP) is 1.17. The van der Waals surface area contributed by atoms with Crippen LogP contribution < -0.4 is 11.1 Å². The van der Waals surface area contributed by atoms with Gasteiger partial charge in [0, 0.05) is 13.3 Å². The summed E-state index contributed by atoms with van der Waals surface area (Å²) in [6.45, 7) is 3.32. The van der Waals surface area contributed by atoms with Crippen molar-refractivity contribution in [3.63, 3.8) is 0 Å². The van der Waals surface area contributed by atoms with Gasteiger partial charge in [-0.1, -0.05) is 6.07 Å². The lowest BCUT2D eigenvalue weighted by molar-refractivity contribution is 0.183. The van der Waals surface area contributed by atoms with Gasteiger partial charge in [0.15, 0.2) is 0 Å². The number of nitrogens with zero attached hydrogens (tertiary/aromatic N) is 1. The van der Waals surface area contributed by atoms with Crippen LogP contribution in [-0.2, 0) is 4.74 Å². The molecule has 0 aliphatic carbocycles. The number of hydrogen-bond acceptors (Lipinski definition) is 4. The molecular weight excluding hydrogens is 190 g/mol. The first-order valence-corrected chi connectivity index (χ1v) is 5.15. The quantitative estimate of drug-likeness (QED) is 0.738. The topological polar surface area (TPSA) is 60.2 Å². The summed E-state index contributed by atoms with van der Waals surface area (Å²) in [5.41, 5.74) is 6.67. The second kappa shape index (κ2) is 6.37. The summed E-state index contributed by atoms with van der Waals surface area (Å²) in [5, 5.41) is 3.33. The van der Waals surface area contributed by atoms with Crippen molar-refractivity contribution >= 4 is 5.82 Å². The number of pyridine rings is 1. The van der Waals surface area contributed by atoms with Crippen LogP contribution in [0, 0.1) is 6.92 Å². The van der Waals surface area contributed by atoms with Crippen LogP contribution in [0.4, 0.5) is 5.82 Å². The number of nitrogens with one attached hydrogen (secondary N) is 1. The van der Waals surface area contributed by atoms with Crippen molar-refractivity contribution in [2.75, 3.05) is 25.6 Å². The summed E-state index contributed by atoms with van der Waals surface area (Å²) < 4.78 is 5.12. The fourth-order valence-corrected chi connectivity index (χ4v) is 1.43. The minimum absolute atomic E-state index is 0.230. The molecule has 4 nitrogen and oxygen atoms in total. The van der Waals surface area contributed by atoms with Crippen LogP contribution >= 0.6 is 0 Å². The van der Waals surface area contributed by atoms with Gasteiger partial charge in [-0.2, -0.15) is 0 Å². The molecule has 0 bridgehead atoms. The molecule has 1 atom stereocenters. The van der Waals surface area contributed by atoms with Crippen LogP contribution in [0.1, 0.15) is 12.0 Å². The van der Waals surface area contributed by atoms with E-state index in [0.29, 0.717) is 13.2 Å². The van der Waals surface area contributed by atoms with Crippen LogP contribution in [0.15, 0.2) is 18.3 Å². The van der Waals surface area contributed by atoms with E-state index in [1.165, 1.54) is 0 Å². The van der Waals surface area contributed by atoms with Crippen molar-refractivity contribution < 1.29 is 4.74 Å². The van der Waals surface area contributed by atoms with Crippen molar-refractivity contribution in [3.8, 4) is 0 Å². The van der Waals surface area contributed by atoms with Gasteiger partial charge in [-0.05, 0) is 31.5 Å². The molecule has 0 amide bonds. The highest BCUT2D eigenvalue weighted by atomic mass is 16.5. The highest BCUT2D eigenvalue weighted by Gasteiger charge is 2.08. The third-order valence-electron chi connectivity index (χ3n) is 2.23. The maximum absolute atomic E-state index is 5.54. The Bertz CT molecular complexity index is 285. The van der Waals surface area contributed by atoms with E-state index in [1.54, 1.807) is 13.3 Å². The molecule has 1 aromatic heterocycles. The largest absolute Gasteiger partial charge is 0.383 e. The molecule has 0 saturated heterocycles. The average molecular weight is 209 g/mol. The Balaban J connectivity index is 2.60. The Hall–Kier alpha value is -1.13. The van der Waals surface area contributed by atoms with E-state index < -0.39 is 0 Å². The summed E-state index contributed by atoms with van der Waals surface area (Å²) in [4.78, 5) is 4.28. The smallest absolute Gasteiger partial charge is 0.129 e. The molecule has 1 rings (SSSR count). The fourth-order valence-electron chi connectivity index (χ4n) is 1.43. The molecule has 3 N–H and O–H groups in total. The lowest BCUT2D eigenvalue weighted by Crippen LogP contribution is -2.28. The molecule has 0 radical (unpaired) electrons. The molecule has 4 heteroatoms. The van der Waals surface area contributed by atoms with Crippen molar-refractivity contribution in [2.24, 2.45) is 5.73 Å². The molecule has 0 aromatic carbocycles. The fraction of sp³-hybridized carbons (Fsp3) is 0.545. The Labute approximate surface area is 90.8 Å². The second-order valence-corrected chi connectivity index (χ2v) is 3.54. The van der Waals surface area contributed by atoms with Crippen LogP contribution in [0.25, 0.3) is 0 Å². The summed E-state index contributed by atoms with van der Waals surface area (Å²) in [5.74, 6) is 0.910. The maximum atomic E-state index is 5.54. The number of nitrogens with two attached hydrogens (primary N) is 1. The third-order valence-corrected chi connectivity index (χ3v) is 2.23. The van der Waals surface area contributed by atoms with Crippen molar-refractivity contribution in [3.05, 3.63) is 23.9 Å². The lowest BCUT2D eigenvalue weighted by atomic mass is 10.2. The third kappa shape index (κ3) is 3.85. The predicted molar refractivity (Wildman–Crippen MR) is 61.9 cm³/mol. The van der Waals surface area contributed by atoms with E-state index >= 15 is 0 Å². The van der Waals surface area contributed by atoms with Crippen molar-refractivity contribution in [1.29, 1.82) is 0 Å². The molecule has 0 aliphatic rings. The zero-order valence-corrected chi connectivity index (χ0v) is 9.36. The molecule has 0 spiro atoms. The Morgan fingerprint density at radius 2 is 2.40 bits per heavy atom. The lowest BCUT2D eigenvalue weighted by Gasteiger charge is -2.18. The molecular formula is C11H19N3O.